The van der Waals surface area contributed by atoms with Crippen molar-refractivity contribution < 1.29 is 20.4 Å². The number of rotatable bonds is 3. The molecule has 4 N–H and O–H groups in total. The molecule has 4 aromatic carbocycles. The molecular weight excluding hydrogens is 568 g/mol. The Labute approximate surface area is 276 Å². The third-order valence-electron chi connectivity index (χ3n) is 9.80. The molecule has 4 heteroatoms. The molecule has 0 bridgehead atoms. The average Bonchev–Trinajstić information content (AvgIpc) is 3.74. The van der Waals surface area contributed by atoms with Gasteiger partial charge in [0.2, 0.25) is 0 Å². The van der Waals surface area contributed by atoms with Gasteiger partial charge in [0.1, 0.15) is 23.0 Å². The van der Waals surface area contributed by atoms with E-state index in [1.807, 2.05) is 73.6 Å². The van der Waals surface area contributed by atoms with E-state index in [4.69, 9.17) is 0 Å². The minimum absolute atomic E-state index is 0.414. The van der Waals surface area contributed by atoms with Crippen molar-refractivity contribution in [2.24, 2.45) is 0 Å². The molecule has 6 rings (SSSR count). The molecule has 0 aromatic heterocycles. The Morgan fingerprint density at radius 3 is 1.13 bits per heavy atom. The summed E-state index contributed by atoms with van der Waals surface area (Å²) in [5.41, 5.74) is 11.8. The Hall–Kier alpha value is -4.18. The van der Waals surface area contributed by atoms with Crippen LogP contribution in [0.4, 0.5) is 0 Å². The van der Waals surface area contributed by atoms with Gasteiger partial charge in [0.05, 0.1) is 0 Å². The maximum atomic E-state index is 9.97. The number of aryl methyl sites for hydroxylation is 8. The maximum absolute atomic E-state index is 9.97. The predicted molar refractivity (Wildman–Crippen MR) is 191 cm³/mol. The summed E-state index contributed by atoms with van der Waals surface area (Å²) in [6, 6.07) is 18.5. The zero-order valence-corrected chi connectivity index (χ0v) is 28.9. The zero-order chi connectivity index (χ0) is 33.7. The highest BCUT2D eigenvalue weighted by Gasteiger charge is 2.28. The largest absolute Gasteiger partial charge is 0.507 e. The van der Waals surface area contributed by atoms with Crippen molar-refractivity contribution in [3.8, 4) is 23.0 Å². The Bertz CT molecular complexity index is 1560. The smallest absolute Gasteiger partial charge is 0.121 e. The lowest BCUT2D eigenvalue weighted by molar-refractivity contribution is 0.466. The highest BCUT2D eigenvalue weighted by atomic mass is 16.3. The third-order valence-corrected chi connectivity index (χ3v) is 9.80. The lowest BCUT2D eigenvalue weighted by atomic mass is 9.90. The first kappa shape index (κ1) is 34.7. The van der Waals surface area contributed by atoms with Gasteiger partial charge >= 0.3 is 0 Å². The van der Waals surface area contributed by atoms with Gasteiger partial charge in [-0.15, -0.1) is 0 Å². The summed E-state index contributed by atoms with van der Waals surface area (Å²) in [6.45, 7) is 15.6. The second-order valence-corrected chi connectivity index (χ2v) is 13.6. The van der Waals surface area contributed by atoms with Crippen molar-refractivity contribution in [2.45, 2.75) is 105 Å². The van der Waals surface area contributed by atoms with Crippen LogP contribution in [0.25, 0.3) is 0 Å². The molecule has 0 radical (unpaired) electrons. The van der Waals surface area contributed by atoms with E-state index in [2.05, 4.69) is 48.6 Å². The molecule has 0 spiro atoms. The molecule has 0 amide bonds. The molecule has 0 saturated heterocycles. The Morgan fingerprint density at radius 2 is 0.804 bits per heavy atom. The standard InChI is InChI=1S/C21H26O2.C13H16O.C8H10O/c1-12-7-18(8-13(2)20(12)22)16-5-6-17(11-16)19-9-14(3)21(23)15(4)10-19;1-9-7-12(8-10(2)13(9)14)11-5-3-4-6-11;1-6-4-3-5-7(2)8(6)9/h7-10,16-17,22-23H,5-6,11H2,1-4H3;3,5,7-8,11,14H,4,6H2,1-2H3;3-5,9H,1-2H3. The van der Waals surface area contributed by atoms with E-state index in [-0.39, 0.29) is 0 Å². The first-order valence-electron chi connectivity index (χ1n) is 16.6. The lowest BCUT2D eigenvalue weighted by Gasteiger charge is -2.16. The number of aromatic hydroxyl groups is 4. The molecule has 4 nitrogen and oxygen atoms in total. The number of para-hydroxylation sites is 1. The van der Waals surface area contributed by atoms with Crippen LogP contribution in [0, 0.1) is 55.4 Å². The van der Waals surface area contributed by atoms with Crippen LogP contribution >= 0.6 is 0 Å². The molecule has 4 aromatic rings. The van der Waals surface area contributed by atoms with Crippen molar-refractivity contribution in [1.82, 2.24) is 0 Å². The second kappa shape index (κ2) is 14.9. The van der Waals surface area contributed by atoms with E-state index in [9.17, 15) is 20.4 Å². The van der Waals surface area contributed by atoms with E-state index in [1.165, 1.54) is 42.4 Å². The number of hydrogen-bond acceptors (Lipinski definition) is 4. The van der Waals surface area contributed by atoms with Crippen molar-refractivity contribution in [2.75, 3.05) is 0 Å². The van der Waals surface area contributed by atoms with Gasteiger partial charge in [-0.05, 0) is 161 Å². The van der Waals surface area contributed by atoms with Crippen LogP contribution < -0.4 is 0 Å². The van der Waals surface area contributed by atoms with Crippen molar-refractivity contribution in [1.29, 1.82) is 0 Å². The lowest BCUT2D eigenvalue weighted by Crippen LogP contribution is -1.98. The summed E-state index contributed by atoms with van der Waals surface area (Å²) < 4.78 is 0. The number of benzene rings is 4. The summed E-state index contributed by atoms with van der Waals surface area (Å²) in [7, 11) is 0. The van der Waals surface area contributed by atoms with Crippen LogP contribution in [-0.4, -0.2) is 20.4 Å². The van der Waals surface area contributed by atoms with Crippen LogP contribution in [0.5, 0.6) is 23.0 Å². The van der Waals surface area contributed by atoms with Crippen LogP contribution in [0.1, 0.15) is 111 Å². The minimum atomic E-state index is 0.414. The summed E-state index contributed by atoms with van der Waals surface area (Å²) in [5, 5.41) is 38.8. The Morgan fingerprint density at radius 1 is 0.457 bits per heavy atom. The van der Waals surface area contributed by atoms with Gasteiger partial charge in [0.25, 0.3) is 0 Å². The molecule has 3 atom stereocenters. The SMILES string of the molecule is Cc1cc(C2C=CCC2)cc(C)c1O.Cc1cc(C2CCC(c3cc(C)c(O)c(C)c3)C2)cc(C)c1O.Cc1cccc(C)c1O. The molecule has 46 heavy (non-hydrogen) atoms. The highest BCUT2D eigenvalue weighted by molar-refractivity contribution is 5.46. The molecule has 2 aliphatic carbocycles. The monoisotopic (exact) mass is 620 g/mol. The van der Waals surface area contributed by atoms with Crippen LogP contribution in [0.2, 0.25) is 0 Å². The molecule has 3 unspecified atom stereocenters. The van der Waals surface area contributed by atoms with Crippen LogP contribution in [0.15, 0.2) is 66.7 Å². The van der Waals surface area contributed by atoms with Gasteiger partial charge < -0.3 is 20.4 Å². The topological polar surface area (TPSA) is 80.9 Å². The number of hydrogen-bond donors (Lipinski definition) is 4. The highest BCUT2D eigenvalue weighted by Crippen LogP contribution is 2.45. The third kappa shape index (κ3) is 8.15. The van der Waals surface area contributed by atoms with Gasteiger partial charge in [0, 0.05) is 5.92 Å². The summed E-state index contributed by atoms with van der Waals surface area (Å²) >= 11 is 0. The molecule has 244 valence electrons. The Kier molecular flexibility index (Phi) is 11.3. The van der Waals surface area contributed by atoms with Gasteiger partial charge in [-0.2, -0.15) is 0 Å². The summed E-state index contributed by atoms with van der Waals surface area (Å²) in [6.07, 6.45) is 10.4. The van der Waals surface area contributed by atoms with Gasteiger partial charge in [-0.25, -0.2) is 0 Å². The van der Waals surface area contributed by atoms with Crippen LogP contribution in [-0.2, 0) is 0 Å². The molecule has 1 saturated carbocycles. The van der Waals surface area contributed by atoms with E-state index < -0.39 is 0 Å². The first-order chi connectivity index (χ1) is 21.8. The average molecular weight is 621 g/mol. The number of phenolic OH excluding ortho intramolecular Hbond substituents is 4. The molecular formula is C42H52O4. The first-order valence-corrected chi connectivity index (χ1v) is 16.6. The van der Waals surface area contributed by atoms with Crippen molar-refractivity contribution >= 4 is 0 Å². The van der Waals surface area contributed by atoms with Gasteiger partial charge in [0.15, 0.2) is 0 Å². The van der Waals surface area contributed by atoms with Crippen molar-refractivity contribution in [3.63, 3.8) is 0 Å². The molecule has 1 fully saturated rings. The second-order valence-electron chi connectivity index (χ2n) is 13.6. The van der Waals surface area contributed by atoms with Crippen LogP contribution in [0.3, 0.4) is 0 Å². The normalized spacial score (nSPS) is 18.5. The van der Waals surface area contributed by atoms with E-state index in [0.717, 1.165) is 50.9 Å². The summed E-state index contributed by atoms with van der Waals surface area (Å²) in [5.74, 6) is 3.39. The Balaban J connectivity index is 0.000000176. The van der Waals surface area contributed by atoms with E-state index in [1.54, 1.807) is 0 Å². The van der Waals surface area contributed by atoms with E-state index >= 15 is 0 Å². The zero-order valence-electron chi connectivity index (χ0n) is 28.9. The minimum Gasteiger partial charge on any atom is -0.507 e. The van der Waals surface area contributed by atoms with Gasteiger partial charge in [-0.3, -0.25) is 0 Å². The number of allylic oxidation sites excluding steroid dienone is 2. The van der Waals surface area contributed by atoms with Gasteiger partial charge in [-0.1, -0.05) is 66.7 Å². The fourth-order valence-electron chi connectivity index (χ4n) is 6.96. The van der Waals surface area contributed by atoms with E-state index in [0.29, 0.717) is 40.8 Å². The molecule has 0 heterocycles. The molecule has 0 aliphatic heterocycles. The quantitative estimate of drug-likeness (QED) is 0.172. The molecule has 2 aliphatic rings. The fraction of sp³-hybridized carbons (Fsp3) is 0.381. The summed E-state index contributed by atoms with van der Waals surface area (Å²) in [4.78, 5) is 0. The number of phenols is 4. The van der Waals surface area contributed by atoms with Crippen molar-refractivity contribution in [3.05, 3.63) is 128 Å². The predicted octanol–water partition coefficient (Wildman–Crippen LogP) is 10.8. The maximum Gasteiger partial charge on any atom is 0.121 e. The fourth-order valence-corrected chi connectivity index (χ4v) is 6.96.